The van der Waals surface area contributed by atoms with E-state index in [0.717, 1.165) is 5.52 Å². The highest BCUT2D eigenvalue weighted by Crippen LogP contribution is 2.13. The molecule has 0 fully saturated rings. The molecule has 2 nitrogen and oxygen atoms in total. The second-order valence-corrected chi connectivity index (χ2v) is 5.82. The molecule has 0 radical (unpaired) electrons. The standard InChI is InChI=1S/C10H9N.C7H8.C6H7N/c1-8-6-7-11-10-5-3-2-4-9(8)10;1-7-5-3-2-4-6-7;1-6-2-4-7-5-3-6/h2-7H,1H3;2-6H,1H3;2-5H,1H3. The molecule has 126 valence electrons. The third kappa shape index (κ3) is 6.56. The number of benzene rings is 2. The van der Waals surface area contributed by atoms with E-state index in [0.29, 0.717) is 0 Å². The maximum absolute atomic E-state index is 4.24. The SMILES string of the molecule is Cc1ccccc1.Cc1ccnc2ccccc12.Cc1ccncc1. The number of pyridine rings is 2. The van der Waals surface area contributed by atoms with Crippen LogP contribution in [0.15, 0.2) is 91.4 Å². The molecular weight excluding hydrogens is 304 g/mol. The van der Waals surface area contributed by atoms with Gasteiger partial charge in [-0.3, -0.25) is 9.97 Å². The molecular formula is C23H24N2. The van der Waals surface area contributed by atoms with Gasteiger partial charge in [0.2, 0.25) is 0 Å². The summed E-state index contributed by atoms with van der Waals surface area (Å²) in [6, 6.07) is 24.4. The van der Waals surface area contributed by atoms with Crippen LogP contribution in [0.1, 0.15) is 16.7 Å². The Morgan fingerprint density at radius 1 is 0.560 bits per heavy atom. The van der Waals surface area contributed by atoms with Gasteiger partial charge in [0, 0.05) is 24.0 Å². The number of hydrogen-bond donors (Lipinski definition) is 0. The lowest BCUT2D eigenvalue weighted by Crippen LogP contribution is -1.79. The van der Waals surface area contributed by atoms with Crippen LogP contribution in [0, 0.1) is 20.8 Å². The Hall–Kier alpha value is -3.00. The van der Waals surface area contributed by atoms with Crippen LogP contribution in [0.4, 0.5) is 0 Å². The van der Waals surface area contributed by atoms with Gasteiger partial charge in [-0.2, -0.15) is 0 Å². The summed E-state index contributed by atoms with van der Waals surface area (Å²) in [6.07, 6.45) is 5.42. The lowest BCUT2D eigenvalue weighted by Gasteiger charge is -1.97. The third-order valence-corrected chi connectivity index (χ3v) is 3.65. The van der Waals surface area contributed by atoms with Crippen LogP contribution in [0.2, 0.25) is 0 Å². The van der Waals surface area contributed by atoms with E-state index in [4.69, 9.17) is 0 Å². The summed E-state index contributed by atoms with van der Waals surface area (Å²) in [5.41, 5.74) is 4.95. The Bertz CT molecular complexity index is 829. The van der Waals surface area contributed by atoms with Gasteiger partial charge in [0.1, 0.15) is 0 Å². The normalized spacial score (nSPS) is 9.40. The van der Waals surface area contributed by atoms with Crippen molar-refractivity contribution in [2.75, 3.05) is 0 Å². The average molecular weight is 328 g/mol. The zero-order valence-corrected chi connectivity index (χ0v) is 15.1. The second kappa shape index (κ2) is 9.99. The van der Waals surface area contributed by atoms with Crippen molar-refractivity contribution in [1.82, 2.24) is 9.97 Å². The van der Waals surface area contributed by atoms with Crippen LogP contribution >= 0.6 is 0 Å². The van der Waals surface area contributed by atoms with Crippen molar-refractivity contribution in [1.29, 1.82) is 0 Å². The Balaban J connectivity index is 0.000000142. The van der Waals surface area contributed by atoms with E-state index in [1.165, 1.54) is 22.1 Å². The molecule has 0 saturated carbocycles. The molecule has 25 heavy (non-hydrogen) atoms. The van der Waals surface area contributed by atoms with Crippen molar-refractivity contribution in [3.8, 4) is 0 Å². The predicted octanol–water partition coefficient (Wildman–Crippen LogP) is 5.93. The number of hydrogen-bond acceptors (Lipinski definition) is 2. The van der Waals surface area contributed by atoms with Gasteiger partial charge in [-0.05, 0) is 56.2 Å². The molecule has 0 bridgehead atoms. The van der Waals surface area contributed by atoms with Gasteiger partial charge >= 0.3 is 0 Å². The lowest BCUT2D eigenvalue weighted by molar-refractivity contribution is 1.29. The summed E-state index contributed by atoms with van der Waals surface area (Å²) in [7, 11) is 0. The number of aryl methyl sites for hydroxylation is 3. The number of nitrogens with zero attached hydrogens (tertiary/aromatic N) is 2. The van der Waals surface area contributed by atoms with E-state index < -0.39 is 0 Å². The highest BCUT2D eigenvalue weighted by molar-refractivity contribution is 5.81. The lowest BCUT2D eigenvalue weighted by atomic mass is 10.1. The first-order chi connectivity index (χ1) is 12.2. The Labute approximate surface area is 150 Å². The Kier molecular flexibility index (Phi) is 7.33. The molecule has 0 saturated heterocycles. The smallest absolute Gasteiger partial charge is 0.0704 e. The van der Waals surface area contributed by atoms with Crippen LogP contribution in [0.5, 0.6) is 0 Å². The van der Waals surface area contributed by atoms with Crippen LogP contribution in [0.25, 0.3) is 10.9 Å². The molecule has 0 aliphatic heterocycles. The van der Waals surface area contributed by atoms with Crippen molar-refractivity contribution in [3.05, 3.63) is 108 Å². The molecule has 0 unspecified atom stereocenters. The maximum atomic E-state index is 4.24. The van der Waals surface area contributed by atoms with Crippen molar-refractivity contribution >= 4 is 10.9 Å². The minimum Gasteiger partial charge on any atom is -0.265 e. The highest BCUT2D eigenvalue weighted by atomic mass is 14.6. The zero-order chi connectivity index (χ0) is 17.9. The predicted molar refractivity (Wildman–Crippen MR) is 107 cm³/mol. The molecule has 0 N–H and O–H groups in total. The molecule has 2 heteroatoms. The summed E-state index contributed by atoms with van der Waals surface area (Å²) in [6.45, 7) is 6.23. The number of fused-ring (bicyclic) bond motifs is 1. The van der Waals surface area contributed by atoms with Gasteiger partial charge in [-0.1, -0.05) is 54.1 Å². The molecule has 0 amide bonds. The minimum absolute atomic E-state index is 1.08. The molecule has 4 rings (SSSR count). The zero-order valence-electron chi connectivity index (χ0n) is 15.1. The molecule has 2 aromatic carbocycles. The molecule has 0 aliphatic carbocycles. The van der Waals surface area contributed by atoms with E-state index in [-0.39, 0.29) is 0 Å². The van der Waals surface area contributed by atoms with Crippen LogP contribution in [-0.4, -0.2) is 9.97 Å². The quantitative estimate of drug-likeness (QED) is 0.400. The van der Waals surface area contributed by atoms with E-state index in [9.17, 15) is 0 Å². The minimum atomic E-state index is 1.08. The van der Waals surface area contributed by atoms with E-state index in [1.807, 2.05) is 67.7 Å². The van der Waals surface area contributed by atoms with Gasteiger partial charge < -0.3 is 0 Å². The summed E-state index contributed by atoms with van der Waals surface area (Å²) < 4.78 is 0. The molecule has 0 spiro atoms. The number of para-hydroxylation sites is 1. The fraction of sp³-hybridized carbons (Fsp3) is 0.130. The van der Waals surface area contributed by atoms with Crippen molar-refractivity contribution in [2.24, 2.45) is 0 Å². The highest BCUT2D eigenvalue weighted by Gasteiger charge is 1.93. The Morgan fingerprint density at radius 2 is 1.16 bits per heavy atom. The maximum Gasteiger partial charge on any atom is 0.0704 e. The van der Waals surface area contributed by atoms with E-state index in [2.05, 4.69) is 42.0 Å². The molecule has 0 aliphatic rings. The summed E-state index contributed by atoms with van der Waals surface area (Å²) >= 11 is 0. The first kappa shape index (κ1) is 18.3. The fourth-order valence-corrected chi connectivity index (χ4v) is 2.20. The van der Waals surface area contributed by atoms with Crippen LogP contribution in [-0.2, 0) is 0 Å². The first-order valence-electron chi connectivity index (χ1n) is 8.35. The Morgan fingerprint density at radius 3 is 1.68 bits per heavy atom. The average Bonchev–Trinajstić information content (AvgIpc) is 2.65. The van der Waals surface area contributed by atoms with E-state index in [1.54, 1.807) is 12.4 Å². The second-order valence-electron chi connectivity index (χ2n) is 5.82. The van der Waals surface area contributed by atoms with Crippen molar-refractivity contribution < 1.29 is 0 Å². The topological polar surface area (TPSA) is 25.8 Å². The summed E-state index contributed by atoms with van der Waals surface area (Å²) in [5, 5.41) is 1.25. The van der Waals surface area contributed by atoms with Gasteiger partial charge in [-0.25, -0.2) is 0 Å². The van der Waals surface area contributed by atoms with Gasteiger partial charge in [0.25, 0.3) is 0 Å². The van der Waals surface area contributed by atoms with Crippen LogP contribution < -0.4 is 0 Å². The fourth-order valence-electron chi connectivity index (χ4n) is 2.20. The van der Waals surface area contributed by atoms with E-state index >= 15 is 0 Å². The van der Waals surface area contributed by atoms with Gasteiger partial charge in [0.15, 0.2) is 0 Å². The first-order valence-corrected chi connectivity index (χ1v) is 8.35. The monoisotopic (exact) mass is 328 g/mol. The summed E-state index contributed by atoms with van der Waals surface area (Å²) in [5.74, 6) is 0. The van der Waals surface area contributed by atoms with Crippen molar-refractivity contribution in [3.63, 3.8) is 0 Å². The largest absolute Gasteiger partial charge is 0.265 e. The third-order valence-electron chi connectivity index (χ3n) is 3.65. The molecule has 4 aromatic rings. The molecule has 2 heterocycles. The number of rotatable bonds is 0. The molecule has 0 atom stereocenters. The van der Waals surface area contributed by atoms with Crippen molar-refractivity contribution in [2.45, 2.75) is 20.8 Å². The molecule has 2 aromatic heterocycles. The summed E-state index contributed by atoms with van der Waals surface area (Å²) in [4.78, 5) is 8.09. The van der Waals surface area contributed by atoms with Gasteiger partial charge in [-0.15, -0.1) is 0 Å². The van der Waals surface area contributed by atoms with Gasteiger partial charge in [0.05, 0.1) is 5.52 Å². The van der Waals surface area contributed by atoms with Crippen LogP contribution in [0.3, 0.4) is 0 Å². The number of aromatic nitrogens is 2.